The largest absolute Gasteiger partial charge is 0.445 e. The van der Waals surface area contributed by atoms with Gasteiger partial charge in [-0.15, -0.1) is 0 Å². The number of anilines is 1. The Kier molecular flexibility index (Phi) is 16.9. The number of amides is 5. The van der Waals surface area contributed by atoms with Gasteiger partial charge in [-0.2, -0.15) is 0 Å². The molecule has 0 aliphatic carbocycles. The van der Waals surface area contributed by atoms with Crippen LogP contribution in [0.5, 0.6) is 0 Å². The van der Waals surface area contributed by atoms with Crippen LogP contribution in [-0.4, -0.2) is 54.4 Å². The number of nitrogens with one attached hydrogen (secondary N) is 4. The normalized spacial score (nSPS) is 13.5. The average molecular weight is 928 g/mol. The van der Waals surface area contributed by atoms with Crippen molar-refractivity contribution in [2.75, 3.05) is 11.4 Å². The van der Waals surface area contributed by atoms with Crippen molar-refractivity contribution >= 4 is 35.4 Å². The predicted molar refractivity (Wildman–Crippen MR) is 265 cm³/mol. The molecule has 0 fully saturated rings. The maximum absolute atomic E-state index is 14.6. The Hall–Kier alpha value is -7.86. The first-order chi connectivity index (χ1) is 33.5. The third-order valence-corrected chi connectivity index (χ3v) is 12.1. The van der Waals surface area contributed by atoms with Gasteiger partial charge in [-0.25, -0.2) is 9.18 Å². The molecule has 1 heterocycles. The van der Waals surface area contributed by atoms with Gasteiger partial charge in [0.15, 0.2) is 0 Å². The number of carbonyl (C=O) groups is 5. The van der Waals surface area contributed by atoms with Crippen molar-refractivity contribution in [3.63, 3.8) is 0 Å². The lowest BCUT2D eigenvalue weighted by atomic mass is 9.77. The molecule has 0 saturated heterocycles. The number of halogens is 1. The van der Waals surface area contributed by atoms with Crippen LogP contribution in [0.3, 0.4) is 0 Å². The van der Waals surface area contributed by atoms with Crippen molar-refractivity contribution in [1.82, 2.24) is 21.3 Å². The second-order valence-corrected chi connectivity index (χ2v) is 17.6. The molecule has 6 aromatic carbocycles. The summed E-state index contributed by atoms with van der Waals surface area (Å²) in [6.07, 6.45) is 2.96. The van der Waals surface area contributed by atoms with Gasteiger partial charge in [0.1, 0.15) is 30.0 Å². The number of hydrogen-bond donors (Lipinski definition) is 4. The summed E-state index contributed by atoms with van der Waals surface area (Å²) in [7, 11) is 0. The zero-order valence-corrected chi connectivity index (χ0v) is 38.9. The highest BCUT2D eigenvalue weighted by atomic mass is 19.1. The quantitative estimate of drug-likeness (QED) is 0.0446. The maximum atomic E-state index is 14.6. The Morgan fingerprint density at radius 3 is 1.77 bits per heavy atom. The number of hydrogen-bond acceptors (Lipinski definition) is 6. The zero-order chi connectivity index (χ0) is 48.6. The highest BCUT2D eigenvalue weighted by molar-refractivity contribution is 6.03. The number of carbonyl (C=O) groups excluding carboxylic acids is 5. The maximum Gasteiger partial charge on any atom is 0.408 e. The second kappa shape index (κ2) is 23.7. The standard InChI is InChI=1S/C57H58FN5O6/c1-40(2)36-49(61-56(68)69-39-42-20-10-4-11-21-42)55(67)60-50(37-41-18-8-3-9-19-41)54(66)59-48(30-33-53(65)63-35-34-43-38-47(58)28-31-51(43)63)29-32-52(64)62-57(44-22-12-5-13-23-44,45-24-14-6-15-25-45)46-26-16-7-17-27-46/h3-28,30-31,33,38,40,48-50H,29,32,34-37,39H2,1-2H3,(H,59,66)(H,60,67)(H,61,68)(H,62,64)/b33-30+/t48-,49-,50-/m0/s1. The highest BCUT2D eigenvalue weighted by Gasteiger charge is 2.38. The van der Waals surface area contributed by atoms with Gasteiger partial charge in [-0.1, -0.05) is 172 Å². The summed E-state index contributed by atoms with van der Waals surface area (Å²) >= 11 is 0. The third-order valence-electron chi connectivity index (χ3n) is 12.1. The van der Waals surface area contributed by atoms with E-state index in [9.17, 15) is 28.4 Å². The molecule has 5 amide bonds. The smallest absolute Gasteiger partial charge is 0.408 e. The van der Waals surface area contributed by atoms with Crippen molar-refractivity contribution in [1.29, 1.82) is 0 Å². The minimum absolute atomic E-state index is 0.00569. The first-order valence-corrected chi connectivity index (χ1v) is 23.4. The number of rotatable bonds is 20. The van der Waals surface area contributed by atoms with E-state index >= 15 is 0 Å². The van der Waals surface area contributed by atoms with E-state index in [0.717, 1.165) is 27.8 Å². The van der Waals surface area contributed by atoms with E-state index in [4.69, 9.17) is 4.74 Å². The number of alkyl carbamates (subject to hydrolysis) is 1. The van der Waals surface area contributed by atoms with Gasteiger partial charge in [0, 0.05) is 37.2 Å². The fraction of sp³-hybridized carbons (Fsp3) is 0.246. The fourth-order valence-electron chi connectivity index (χ4n) is 8.67. The van der Waals surface area contributed by atoms with Gasteiger partial charge >= 0.3 is 6.09 Å². The van der Waals surface area contributed by atoms with Crippen molar-refractivity contribution in [3.8, 4) is 0 Å². The minimum Gasteiger partial charge on any atom is -0.445 e. The van der Waals surface area contributed by atoms with Crippen LogP contribution in [0.1, 0.15) is 66.5 Å². The Morgan fingerprint density at radius 2 is 1.20 bits per heavy atom. The lowest BCUT2D eigenvalue weighted by Crippen LogP contribution is -2.56. The molecule has 0 unspecified atom stereocenters. The van der Waals surface area contributed by atoms with E-state index in [-0.39, 0.29) is 55.8 Å². The Labute approximate surface area is 403 Å². The lowest BCUT2D eigenvalue weighted by molar-refractivity contribution is -0.130. The van der Waals surface area contributed by atoms with Crippen molar-refractivity contribution < 1.29 is 33.1 Å². The van der Waals surface area contributed by atoms with Crippen LogP contribution in [0.15, 0.2) is 182 Å². The van der Waals surface area contributed by atoms with Gasteiger partial charge in [0.05, 0.1) is 0 Å². The zero-order valence-electron chi connectivity index (χ0n) is 38.9. The highest BCUT2D eigenvalue weighted by Crippen LogP contribution is 2.37. The Bertz CT molecular complexity index is 2590. The van der Waals surface area contributed by atoms with E-state index in [0.29, 0.717) is 24.2 Å². The molecule has 354 valence electrons. The van der Waals surface area contributed by atoms with E-state index in [1.165, 1.54) is 18.2 Å². The molecular weight excluding hydrogens is 870 g/mol. The summed E-state index contributed by atoms with van der Waals surface area (Å²) in [5, 5.41) is 12.0. The van der Waals surface area contributed by atoms with Gasteiger partial charge in [0.25, 0.3) is 5.91 Å². The molecule has 11 nitrogen and oxygen atoms in total. The first-order valence-electron chi connectivity index (χ1n) is 23.4. The monoisotopic (exact) mass is 927 g/mol. The molecule has 0 bridgehead atoms. The lowest BCUT2D eigenvalue weighted by Gasteiger charge is -2.37. The molecule has 0 aromatic heterocycles. The van der Waals surface area contributed by atoms with Crippen LogP contribution in [0.4, 0.5) is 14.9 Å². The van der Waals surface area contributed by atoms with E-state index in [1.807, 2.05) is 166 Å². The summed E-state index contributed by atoms with van der Waals surface area (Å²) < 4.78 is 19.5. The number of nitrogens with zero attached hydrogens (tertiary/aromatic N) is 1. The molecule has 3 atom stereocenters. The van der Waals surface area contributed by atoms with E-state index < -0.39 is 41.6 Å². The molecule has 6 aromatic rings. The number of benzene rings is 6. The summed E-state index contributed by atoms with van der Waals surface area (Å²) in [5.74, 6) is -2.25. The molecule has 1 aliphatic rings. The fourth-order valence-corrected chi connectivity index (χ4v) is 8.67. The topological polar surface area (TPSA) is 146 Å². The molecule has 1 aliphatic heterocycles. The average Bonchev–Trinajstić information content (AvgIpc) is 3.79. The summed E-state index contributed by atoms with van der Waals surface area (Å²) in [6, 6.07) is 48.8. The SMILES string of the molecule is CC(C)C[C@H](NC(=O)OCc1ccccc1)C(=O)N[C@@H](Cc1ccccc1)C(=O)N[C@H](/C=C/C(=O)N1CCc2cc(F)ccc21)CCC(=O)NC(c1ccccc1)(c1ccccc1)c1ccccc1. The third kappa shape index (κ3) is 13.2. The van der Waals surface area contributed by atoms with Crippen LogP contribution in [0.2, 0.25) is 0 Å². The van der Waals surface area contributed by atoms with Gasteiger partial charge in [0.2, 0.25) is 17.7 Å². The predicted octanol–water partition coefficient (Wildman–Crippen LogP) is 8.71. The van der Waals surface area contributed by atoms with Gasteiger partial charge in [-0.05, 0) is 76.8 Å². The molecular formula is C57H58FN5O6. The van der Waals surface area contributed by atoms with Crippen LogP contribution in [-0.2, 0) is 48.9 Å². The van der Waals surface area contributed by atoms with Crippen molar-refractivity contribution in [2.45, 2.75) is 76.2 Å². The van der Waals surface area contributed by atoms with E-state index in [1.54, 1.807) is 17.0 Å². The Morgan fingerprint density at radius 1 is 0.667 bits per heavy atom. The first kappa shape index (κ1) is 49.1. The minimum atomic E-state index is -1.14. The summed E-state index contributed by atoms with van der Waals surface area (Å²) in [6.45, 7) is 4.19. The summed E-state index contributed by atoms with van der Waals surface area (Å²) in [4.78, 5) is 71.8. The van der Waals surface area contributed by atoms with Crippen LogP contribution >= 0.6 is 0 Å². The molecule has 7 rings (SSSR count). The summed E-state index contributed by atoms with van der Waals surface area (Å²) in [5.41, 5.74) is 4.29. The second-order valence-electron chi connectivity index (χ2n) is 17.6. The number of fused-ring (bicyclic) bond motifs is 1. The van der Waals surface area contributed by atoms with Gasteiger partial charge < -0.3 is 30.9 Å². The molecule has 4 N–H and O–H groups in total. The van der Waals surface area contributed by atoms with Gasteiger partial charge in [-0.3, -0.25) is 19.2 Å². The molecule has 0 spiro atoms. The molecule has 0 radical (unpaired) electrons. The van der Waals surface area contributed by atoms with Crippen LogP contribution < -0.4 is 26.2 Å². The van der Waals surface area contributed by atoms with Crippen LogP contribution in [0.25, 0.3) is 0 Å². The Balaban J connectivity index is 1.15. The van der Waals surface area contributed by atoms with Crippen molar-refractivity contribution in [2.24, 2.45) is 5.92 Å². The number of ether oxygens (including phenoxy) is 1. The molecule has 12 heteroatoms. The van der Waals surface area contributed by atoms with Crippen LogP contribution in [0, 0.1) is 11.7 Å². The molecule has 0 saturated carbocycles. The van der Waals surface area contributed by atoms with Crippen molar-refractivity contribution in [3.05, 3.63) is 221 Å². The van der Waals surface area contributed by atoms with E-state index in [2.05, 4.69) is 21.3 Å². The molecule has 69 heavy (non-hydrogen) atoms.